The van der Waals surface area contributed by atoms with Gasteiger partial charge in [-0.15, -0.1) is 0 Å². The molecular formula is C12H14O2S. The first-order valence-corrected chi connectivity index (χ1v) is 6.11. The summed E-state index contributed by atoms with van der Waals surface area (Å²) >= 11 is 0. The van der Waals surface area contributed by atoms with Crippen molar-refractivity contribution in [2.45, 2.75) is 18.2 Å². The van der Waals surface area contributed by atoms with Crippen LogP contribution in [0.2, 0.25) is 0 Å². The van der Waals surface area contributed by atoms with Gasteiger partial charge in [0.05, 0.1) is 4.90 Å². The van der Waals surface area contributed by atoms with E-state index in [2.05, 4.69) is 13.2 Å². The van der Waals surface area contributed by atoms with Gasteiger partial charge in [0.15, 0.2) is 9.84 Å². The van der Waals surface area contributed by atoms with Crippen molar-refractivity contribution in [2.24, 2.45) is 0 Å². The fourth-order valence-corrected chi connectivity index (χ4v) is 1.95. The molecule has 0 aliphatic carbocycles. The topological polar surface area (TPSA) is 34.1 Å². The third-order valence-corrected chi connectivity index (χ3v) is 3.35. The standard InChI is InChI=1S/C12H14O2S/c1-4-15(13,14)12-7-5-11(6-8-12)9-10(2)3/h4-8H,1-2,9H2,3H3. The predicted molar refractivity (Wildman–Crippen MR) is 62.3 cm³/mol. The predicted octanol–water partition coefficient (Wildman–Crippen LogP) is 2.72. The van der Waals surface area contributed by atoms with E-state index in [9.17, 15) is 8.42 Å². The van der Waals surface area contributed by atoms with Crippen molar-refractivity contribution in [3.05, 3.63) is 54.0 Å². The van der Waals surface area contributed by atoms with Gasteiger partial charge in [0.25, 0.3) is 0 Å². The summed E-state index contributed by atoms with van der Waals surface area (Å²) in [5.41, 5.74) is 2.11. The van der Waals surface area contributed by atoms with Crippen molar-refractivity contribution in [3.8, 4) is 0 Å². The average molecular weight is 222 g/mol. The second-order valence-electron chi connectivity index (χ2n) is 3.49. The molecule has 0 aliphatic rings. The van der Waals surface area contributed by atoms with Crippen LogP contribution in [0.1, 0.15) is 12.5 Å². The second kappa shape index (κ2) is 4.45. The van der Waals surface area contributed by atoms with Crippen LogP contribution in [0, 0.1) is 0 Å². The van der Waals surface area contributed by atoms with E-state index in [-0.39, 0.29) is 4.90 Å². The third kappa shape index (κ3) is 3.06. The van der Waals surface area contributed by atoms with Crippen molar-refractivity contribution in [3.63, 3.8) is 0 Å². The minimum Gasteiger partial charge on any atom is -0.219 e. The molecule has 0 fully saturated rings. The highest BCUT2D eigenvalue weighted by Gasteiger charge is 2.08. The van der Waals surface area contributed by atoms with Crippen LogP contribution < -0.4 is 0 Å². The minimum absolute atomic E-state index is 0.281. The van der Waals surface area contributed by atoms with E-state index in [1.807, 2.05) is 6.92 Å². The molecule has 80 valence electrons. The summed E-state index contributed by atoms with van der Waals surface area (Å²) in [6.45, 7) is 9.02. The number of allylic oxidation sites excluding steroid dienone is 1. The molecule has 0 spiro atoms. The maximum absolute atomic E-state index is 11.4. The normalized spacial score (nSPS) is 11.0. The van der Waals surface area contributed by atoms with Crippen LogP contribution in [0.15, 0.2) is 53.3 Å². The Bertz CT molecular complexity index is 467. The summed E-state index contributed by atoms with van der Waals surface area (Å²) in [7, 11) is -3.30. The molecule has 0 bridgehead atoms. The maximum atomic E-state index is 11.4. The van der Waals surface area contributed by atoms with Gasteiger partial charge in [-0.1, -0.05) is 30.9 Å². The monoisotopic (exact) mass is 222 g/mol. The van der Waals surface area contributed by atoms with Gasteiger partial charge in [-0.3, -0.25) is 0 Å². The third-order valence-electron chi connectivity index (χ3n) is 1.98. The Balaban J connectivity index is 3.00. The molecule has 0 amide bonds. The van der Waals surface area contributed by atoms with Gasteiger partial charge in [-0.2, -0.15) is 0 Å². The molecule has 3 heteroatoms. The maximum Gasteiger partial charge on any atom is 0.199 e. The zero-order chi connectivity index (χ0) is 11.5. The Hall–Kier alpha value is -1.35. The summed E-state index contributed by atoms with van der Waals surface area (Å²) in [6.07, 6.45) is 0.772. The van der Waals surface area contributed by atoms with E-state index >= 15 is 0 Å². The highest BCUT2D eigenvalue weighted by Crippen LogP contribution is 2.14. The minimum atomic E-state index is -3.30. The molecule has 0 aliphatic heterocycles. The van der Waals surface area contributed by atoms with Gasteiger partial charge in [0, 0.05) is 5.41 Å². The summed E-state index contributed by atoms with van der Waals surface area (Å²) in [4.78, 5) is 0.281. The van der Waals surface area contributed by atoms with Crippen molar-refractivity contribution < 1.29 is 8.42 Å². The van der Waals surface area contributed by atoms with Crippen LogP contribution in [-0.2, 0) is 16.3 Å². The van der Waals surface area contributed by atoms with E-state index in [0.29, 0.717) is 0 Å². The number of hydrogen-bond acceptors (Lipinski definition) is 2. The van der Waals surface area contributed by atoms with E-state index < -0.39 is 9.84 Å². The quantitative estimate of drug-likeness (QED) is 0.734. The molecule has 0 radical (unpaired) electrons. The van der Waals surface area contributed by atoms with Gasteiger partial charge in [0.2, 0.25) is 0 Å². The van der Waals surface area contributed by atoms with E-state index in [0.717, 1.165) is 23.0 Å². The Kier molecular flexibility index (Phi) is 3.48. The van der Waals surface area contributed by atoms with Crippen molar-refractivity contribution >= 4 is 9.84 Å². The van der Waals surface area contributed by atoms with Crippen LogP contribution in [0.25, 0.3) is 0 Å². The first-order valence-electron chi connectivity index (χ1n) is 4.56. The lowest BCUT2D eigenvalue weighted by Gasteiger charge is -2.02. The Morgan fingerprint density at radius 2 is 1.87 bits per heavy atom. The summed E-state index contributed by atoms with van der Waals surface area (Å²) in [5, 5.41) is 0.959. The van der Waals surface area contributed by atoms with Crippen LogP contribution in [0.4, 0.5) is 0 Å². The fraction of sp³-hybridized carbons (Fsp3) is 0.167. The molecule has 2 nitrogen and oxygen atoms in total. The van der Waals surface area contributed by atoms with Crippen LogP contribution in [0.5, 0.6) is 0 Å². The molecule has 0 unspecified atom stereocenters. The van der Waals surface area contributed by atoms with Crippen LogP contribution in [0.3, 0.4) is 0 Å². The number of hydrogen-bond donors (Lipinski definition) is 0. The lowest BCUT2D eigenvalue weighted by Crippen LogP contribution is -1.95. The van der Waals surface area contributed by atoms with Crippen LogP contribution >= 0.6 is 0 Å². The molecule has 0 aromatic heterocycles. The molecule has 1 aromatic carbocycles. The highest BCUT2D eigenvalue weighted by molar-refractivity contribution is 7.94. The fourth-order valence-electron chi connectivity index (χ4n) is 1.24. The van der Waals surface area contributed by atoms with E-state index in [1.165, 1.54) is 0 Å². The summed E-state index contributed by atoms with van der Waals surface area (Å²) < 4.78 is 22.8. The lowest BCUT2D eigenvalue weighted by atomic mass is 10.1. The number of benzene rings is 1. The smallest absolute Gasteiger partial charge is 0.199 e. The number of rotatable bonds is 4. The molecular weight excluding hydrogens is 208 g/mol. The van der Waals surface area contributed by atoms with Crippen molar-refractivity contribution in [2.75, 3.05) is 0 Å². The zero-order valence-corrected chi connectivity index (χ0v) is 9.55. The summed E-state index contributed by atoms with van der Waals surface area (Å²) in [5.74, 6) is 0. The largest absolute Gasteiger partial charge is 0.219 e. The van der Waals surface area contributed by atoms with Crippen molar-refractivity contribution in [1.82, 2.24) is 0 Å². The van der Waals surface area contributed by atoms with Gasteiger partial charge in [-0.05, 0) is 31.0 Å². The van der Waals surface area contributed by atoms with E-state index in [4.69, 9.17) is 0 Å². The average Bonchev–Trinajstić information content (AvgIpc) is 2.18. The Labute approximate surface area is 90.9 Å². The molecule has 0 atom stereocenters. The van der Waals surface area contributed by atoms with Gasteiger partial charge in [0.1, 0.15) is 0 Å². The van der Waals surface area contributed by atoms with Gasteiger partial charge >= 0.3 is 0 Å². The SMILES string of the molecule is C=CS(=O)(=O)c1ccc(CC(=C)C)cc1. The first kappa shape index (κ1) is 11.7. The number of sulfone groups is 1. The summed E-state index contributed by atoms with van der Waals surface area (Å²) in [6, 6.07) is 6.78. The molecule has 1 aromatic rings. The molecule has 1 rings (SSSR count). The lowest BCUT2D eigenvalue weighted by molar-refractivity contribution is 0.604. The highest BCUT2D eigenvalue weighted by atomic mass is 32.2. The molecule has 0 heterocycles. The Morgan fingerprint density at radius 1 is 1.33 bits per heavy atom. The van der Waals surface area contributed by atoms with Crippen molar-refractivity contribution in [1.29, 1.82) is 0 Å². The van der Waals surface area contributed by atoms with Crippen LogP contribution in [-0.4, -0.2) is 8.42 Å². The van der Waals surface area contributed by atoms with Gasteiger partial charge in [-0.25, -0.2) is 8.42 Å². The molecule has 0 N–H and O–H groups in total. The second-order valence-corrected chi connectivity index (χ2v) is 5.38. The molecule has 0 saturated carbocycles. The molecule has 15 heavy (non-hydrogen) atoms. The first-order chi connectivity index (χ1) is 6.95. The molecule has 0 saturated heterocycles. The van der Waals surface area contributed by atoms with Gasteiger partial charge < -0.3 is 0 Å². The zero-order valence-electron chi connectivity index (χ0n) is 8.73. The van der Waals surface area contributed by atoms with E-state index in [1.54, 1.807) is 24.3 Å². The Morgan fingerprint density at radius 3 is 2.27 bits per heavy atom.